The molecule has 1 aromatic carbocycles. The smallest absolute Gasteiger partial charge is 0.410 e. The zero-order valence-electron chi connectivity index (χ0n) is 13.2. The number of ether oxygens (including phenoxy) is 1. The Morgan fingerprint density at radius 1 is 1.17 bits per heavy atom. The van der Waals surface area contributed by atoms with Crippen LogP contribution in [0.15, 0.2) is 30.3 Å². The Labute approximate surface area is 136 Å². The molecule has 0 spiro atoms. The summed E-state index contributed by atoms with van der Waals surface area (Å²) in [5.41, 5.74) is 0.178. The summed E-state index contributed by atoms with van der Waals surface area (Å²) in [6.07, 6.45) is 4.51. The number of nitrogens with zero attached hydrogens (tertiary/aromatic N) is 1. The van der Waals surface area contributed by atoms with Crippen LogP contribution in [0.5, 0.6) is 0 Å². The fraction of sp³-hybridized carbons (Fsp3) is 0.556. The summed E-state index contributed by atoms with van der Waals surface area (Å²) in [6.45, 7) is 0.816. The maximum atomic E-state index is 12.5. The van der Waals surface area contributed by atoms with Crippen molar-refractivity contribution in [3.8, 4) is 0 Å². The highest BCUT2D eigenvalue weighted by Gasteiger charge is 2.54. The Hall–Kier alpha value is -2.04. The largest absolute Gasteiger partial charge is 0.481 e. The highest BCUT2D eigenvalue weighted by molar-refractivity contribution is 5.78. The molecule has 1 saturated carbocycles. The molecular formula is C18H23NO4. The standard InChI is InChI=1S/C18H23NO4/c20-16(21)18(10-6-11-18)15-9-4-5-12-19(15)17(22)23-13-14-7-2-1-3-8-14/h1-3,7-8,15H,4-6,9-13H2,(H,20,21). The van der Waals surface area contributed by atoms with E-state index < -0.39 is 11.4 Å². The van der Waals surface area contributed by atoms with Gasteiger partial charge in [-0.05, 0) is 37.7 Å². The van der Waals surface area contributed by atoms with Gasteiger partial charge in [-0.1, -0.05) is 36.8 Å². The molecule has 1 saturated heterocycles. The van der Waals surface area contributed by atoms with Crippen molar-refractivity contribution in [2.75, 3.05) is 6.54 Å². The second-order valence-electron chi connectivity index (χ2n) is 6.56. The Bertz CT molecular complexity index is 568. The molecule has 3 rings (SSSR count). The summed E-state index contributed by atoms with van der Waals surface area (Å²) in [6, 6.07) is 9.31. The van der Waals surface area contributed by atoms with Crippen molar-refractivity contribution in [1.29, 1.82) is 0 Å². The van der Waals surface area contributed by atoms with E-state index in [2.05, 4.69) is 0 Å². The molecule has 23 heavy (non-hydrogen) atoms. The molecule has 1 unspecified atom stereocenters. The number of rotatable bonds is 4. The van der Waals surface area contributed by atoms with Crippen LogP contribution in [0.3, 0.4) is 0 Å². The Morgan fingerprint density at radius 2 is 1.91 bits per heavy atom. The second kappa shape index (κ2) is 6.60. The number of carbonyl (C=O) groups is 2. The van der Waals surface area contributed by atoms with Crippen molar-refractivity contribution in [2.24, 2.45) is 5.41 Å². The summed E-state index contributed by atoms with van der Waals surface area (Å²) in [5, 5.41) is 9.66. The van der Waals surface area contributed by atoms with Crippen molar-refractivity contribution < 1.29 is 19.4 Å². The van der Waals surface area contributed by atoms with E-state index in [1.54, 1.807) is 4.90 Å². The van der Waals surface area contributed by atoms with Gasteiger partial charge in [0.15, 0.2) is 0 Å². The van der Waals surface area contributed by atoms with E-state index in [0.29, 0.717) is 19.4 Å². The highest BCUT2D eigenvalue weighted by atomic mass is 16.6. The van der Waals surface area contributed by atoms with Gasteiger partial charge in [0.25, 0.3) is 0 Å². The molecule has 0 bridgehead atoms. The minimum atomic E-state index is -0.767. The number of carbonyl (C=O) groups excluding carboxylic acids is 1. The van der Waals surface area contributed by atoms with E-state index in [1.165, 1.54) is 0 Å². The minimum Gasteiger partial charge on any atom is -0.481 e. The molecule has 1 aliphatic carbocycles. The van der Waals surface area contributed by atoms with Gasteiger partial charge in [-0.3, -0.25) is 4.79 Å². The minimum absolute atomic E-state index is 0.225. The van der Waals surface area contributed by atoms with Crippen LogP contribution < -0.4 is 0 Å². The number of hydrogen-bond acceptors (Lipinski definition) is 3. The normalized spacial score (nSPS) is 23.0. The first-order chi connectivity index (χ1) is 11.1. The number of amides is 1. The number of likely N-dealkylation sites (tertiary alicyclic amines) is 1. The number of carboxylic acid groups (broad SMARTS) is 1. The van der Waals surface area contributed by atoms with Crippen LogP contribution in [0.4, 0.5) is 4.79 Å². The monoisotopic (exact) mass is 317 g/mol. The van der Waals surface area contributed by atoms with Gasteiger partial charge in [-0.2, -0.15) is 0 Å². The molecule has 1 aromatic rings. The molecule has 0 aromatic heterocycles. The average molecular weight is 317 g/mol. The first-order valence-corrected chi connectivity index (χ1v) is 8.34. The third-order valence-electron chi connectivity index (χ3n) is 5.25. The Kier molecular flexibility index (Phi) is 4.55. The molecule has 1 heterocycles. The van der Waals surface area contributed by atoms with Gasteiger partial charge in [-0.25, -0.2) is 4.79 Å². The Balaban J connectivity index is 1.68. The molecule has 1 N–H and O–H groups in total. The van der Waals surface area contributed by atoms with E-state index in [4.69, 9.17) is 4.74 Å². The molecule has 2 aliphatic rings. The van der Waals surface area contributed by atoms with Crippen LogP contribution in [-0.4, -0.2) is 34.7 Å². The number of carboxylic acids is 1. The molecule has 124 valence electrons. The van der Waals surface area contributed by atoms with Crippen LogP contribution in [0, 0.1) is 5.41 Å². The van der Waals surface area contributed by atoms with Crippen LogP contribution in [-0.2, 0) is 16.1 Å². The van der Waals surface area contributed by atoms with Crippen LogP contribution >= 0.6 is 0 Å². The second-order valence-corrected chi connectivity index (χ2v) is 6.56. The van der Waals surface area contributed by atoms with E-state index in [0.717, 1.165) is 31.2 Å². The van der Waals surface area contributed by atoms with Crippen LogP contribution in [0.2, 0.25) is 0 Å². The van der Waals surface area contributed by atoms with Crippen LogP contribution in [0.1, 0.15) is 44.1 Å². The predicted octanol–water partition coefficient (Wildman–Crippen LogP) is 3.43. The lowest BCUT2D eigenvalue weighted by molar-refractivity contribution is -0.162. The third-order valence-corrected chi connectivity index (χ3v) is 5.25. The van der Waals surface area contributed by atoms with Gasteiger partial charge in [-0.15, -0.1) is 0 Å². The molecule has 0 radical (unpaired) electrons. The van der Waals surface area contributed by atoms with E-state index >= 15 is 0 Å². The van der Waals surface area contributed by atoms with Crippen molar-refractivity contribution in [3.63, 3.8) is 0 Å². The zero-order valence-corrected chi connectivity index (χ0v) is 13.2. The van der Waals surface area contributed by atoms with Gasteiger partial charge in [0.2, 0.25) is 0 Å². The SMILES string of the molecule is O=C(OCc1ccccc1)N1CCCCC1C1(C(=O)O)CCC1. The first-order valence-electron chi connectivity index (χ1n) is 8.34. The summed E-state index contributed by atoms with van der Waals surface area (Å²) < 4.78 is 5.44. The average Bonchev–Trinajstić information content (AvgIpc) is 2.53. The summed E-state index contributed by atoms with van der Waals surface area (Å²) in [4.78, 5) is 25.9. The number of aliphatic carboxylic acids is 1. The quantitative estimate of drug-likeness (QED) is 0.924. The maximum Gasteiger partial charge on any atom is 0.410 e. The zero-order chi connectivity index (χ0) is 16.3. The van der Waals surface area contributed by atoms with Gasteiger partial charge >= 0.3 is 12.1 Å². The molecule has 2 fully saturated rings. The topological polar surface area (TPSA) is 66.8 Å². The number of benzene rings is 1. The molecule has 5 nitrogen and oxygen atoms in total. The summed E-state index contributed by atoms with van der Waals surface area (Å²) in [5.74, 6) is -0.767. The molecule has 1 aliphatic heterocycles. The molecule has 1 atom stereocenters. The maximum absolute atomic E-state index is 12.5. The fourth-order valence-corrected chi connectivity index (χ4v) is 3.77. The van der Waals surface area contributed by atoms with E-state index in [9.17, 15) is 14.7 Å². The summed E-state index contributed by atoms with van der Waals surface area (Å²) >= 11 is 0. The summed E-state index contributed by atoms with van der Waals surface area (Å²) in [7, 11) is 0. The number of hydrogen-bond donors (Lipinski definition) is 1. The number of piperidine rings is 1. The molecular weight excluding hydrogens is 294 g/mol. The van der Waals surface area contributed by atoms with E-state index in [1.807, 2.05) is 30.3 Å². The van der Waals surface area contributed by atoms with Gasteiger partial charge in [0.05, 0.1) is 11.5 Å². The van der Waals surface area contributed by atoms with Gasteiger partial charge < -0.3 is 14.7 Å². The first kappa shape index (κ1) is 15.8. The fourth-order valence-electron chi connectivity index (χ4n) is 3.77. The van der Waals surface area contributed by atoms with Crippen LogP contribution in [0.25, 0.3) is 0 Å². The Morgan fingerprint density at radius 3 is 2.52 bits per heavy atom. The van der Waals surface area contributed by atoms with Gasteiger partial charge in [0.1, 0.15) is 6.61 Å². The molecule has 1 amide bonds. The lowest BCUT2D eigenvalue weighted by Crippen LogP contribution is -2.58. The van der Waals surface area contributed by atoms with E-state index in [-0.39, 0.29) is 18.7 Å². The highest BCUT2D eigenvalue weighted by Crippen LogP contribution is 2.48. The third kappa shape index (κ3) is 3.05. The lowest BCUT2D eigenvalue weighted by atomic mass is 9.62. The van der Waals surface area contributed by atoms with Crippen molar-refractivity contribution in [2.45, 2.75) is 51.2 Å². The van der Waals surface area contributed by atoms with Gasteiger partial charge in [0, 0.05) is 6.54 Å². The van der Waals surface area contributed by atoms with Crippen molar-refractivity contribution >= 4 is 12.1 Å². The lowest BCUT2D eigenvalue weighted by Gasteiger charge is -2.50. The van der Waals surface area contributed by atoms with Crippen molar-refractivity contribution in [3.05, 3.63) is 35.9 Å². The molecule has 5 heteroatoms. The predicted molar refractivity (Wildman–Crippen MR) is 84.9 cm³/mol. The van der Waals surface area contributed by atoms with Crippen molar-refractivity contribution in [1.82, 2.24) is 4.90 Å².